The van der Waals surface area contributed by atoms with E-state index in [-0.39, 0.29) is 11.7 Å². The molecule has 1 amide bonds. The average molecular weight is 407 g/mol. The van der Waals surface area contributed by atoms with E-state index in [2.05, 4.69) is 5.32 Å². The first-order valence-corrected chi connectivity index (χ1v) is 9.51. The summed E-state index contributed by atoms with van der Waals surface area (Å²) in [7, 11) is 3.11. The number of rotatable bonds is 6. The molecule has 0 aliphatic carbocycles. The Hall–Kier alpha value is -3.54. The molecule has 6 heteroatoms. The van der Waals surface area contributed by atoms with E-state index in [1.54, 1.807) is 43.5 Å². The maximum absolute atomic E-state index is 13.0. The summed E-state index contributed by atoms with van der Waals surface area (Å²) < 4.78 is 16.7. The molecule has 2 aromatic rings. The number of benzene rings is 2. The maximum atomic E-state index is 13.0. The third-order valence-electron chi connectivity index (χ3n) is 4.62. The Morgan fingerprint density at radius 2 is 1.77 bits per heavy atom. The molecule has 1 heterocycles. The highest BCUT2D eigenvalue weighted by Crippen LogP contribution is 2.40. The number of fused-ring (bicyclic) bond motifs is 1. The minimum Gasteiger partial charge on any atom is -0.496 e. The van der Waals surface area contributed by atoms with Gasteiger partial charge in [0.25, 0.3) is 0 Å². The Bertz CT molecular complexity index is 1050. The molecule has 0 fully saturated rings. The zero-order valence-electron chi connectivity index (χ0n) is 17.7. The number of amides is 1. The predicted molar refractivity (Wildman–Crippen MR) is 117 cm³/mol. The van der Waals surface area contributed by atoms with Gasteiger partial charge in [-0.15, -0.1) is 0 Å². The van der Waals surface area contributed by atoms with Gasteiger partial charge in [-0.05, 0) is 61.9 Å². The van der Waals surface area contributed by atoms with Gasteiger partial charge in [-0.2, -0.15) is 0 Å². The molecule has 0 unspecified atom stereocenters. The van der Waals surface area contributed by atoms with Crippen LogP contribution in [0.15, 0.2) is 42.5 Å². The molecule has 1 N–H and O–H groups in total. The number of ether oxygens (including phenoxy) is 3. The van der Waals surface area contributed by atoms with Crippen molar-refractivity contribution in [1.29, 1.82) is 0 Å². The van der Waals surface area contributed by atoms with E-state index in [4.69, 9.17) is 14.2 Å². The molecule has 0 bridgehead atoms. The normalized spacial score (nSPS) is 14.0. The third-order valence-corrected chi connectivity index (χ3v) is 4.62. The maximum Gasteiger partial charge on any atom is 0.221 e. The Morgan fingerprint density at radius 1 is 1.07 bits per heavy atom. The van der Waals surface area contributed by atoms with E-state index in [1.165, 1.54) is 20.1 Å². The summed E-state index contributed by atoms with van der Waals surface area (Å²) in [4.78, 5) is 24.4. The summed E-state index contributed by atoms with van der Waals surface area (Å²) in [5.74, 6) is 1.29. The van der Waals surface area contributed by atoms with Crippen LogP contribution in [0, 0.1) is 0 Å². The van der Waals surface area contributed by atoms with Gasteiger partial charge >= 0.3 is 0 Å². The van der Waals surface area contributed by atoms with Gasteiger partial charge in [-0.25, -0.2) is 0 Å². The van der Waals surface area contributed by atoms with Crippen LogP contribution in [0.4, 0.5) is 5.69 Å². The molecule has 1 aliphatic heterocycles. The van der Waals surface area contributed by atoms with E-state index in [0.29, 0.717) is 28.5 Å². The molecule has 156 valence electrons. The van der Waals surface area contributed by atoms with Crippen molar-refractivity contribution >= 4 is 29.5 Å². The molecule has 0 aromatic heterocycles. The van der Waals surface area contributed by atoms with E-state index in [9.17, 15) is 9.59 Å². The fraction of sp³-hybridized carbons (Fsp3) is 0.250. The first-order valence-electron chi connectivity index (χ1n) is 9.51. The van der Waals surface area contributed by atoms with Crippen molar-refractivity contribution in [2.24, 2.45) is 0 Å². The quantitative estimate of drug-likeness (QED) is 0.553. The molecular formula is C24H25NO5. The second-order valence-corrected chi connectivity index (χ2v) is 7.44. The molecular weight excluding hydrogens is 382 g/mol. The van der Waals surface area contributed by atoms with Crippen molar-refractivity contribution in [1.82, 2.24) is 0 Å². The van der Waals surface area contributed by atoms with Gasteiger partial charge in [0.1, 0.15) is 22.8 Å². The number of carbonyl (C=O) groups excluding carboxylic acids is 2. The van der Waals surface area contributed by atoms with Gasteiger partial charge in [0, 0.05) is 6.92 Å². The van der Waals surface area contributed by atoms with E-state index >= 15 is 0 Å². The lowest BCUT2D eigenvalue weighted by Gasteiger charge is -2.29. The second kappa shape index (κ2) is 8.45. The fourth-order valence-electron chi connectivity index (χ4n) is 3.18. The van der Waals surface area contributed by atoms with Crippen molar-refractivity contribution in [3.8, 4) is 17.2 Å². The molecule has 3 rings (SSSR count). The van der Waals surface area contributed by atoms with Crippen LogP contribution >= 0.6 is 0 Å². The minimum atomic E-state index is -0.526. The zero-order chi connectivity index (χ0) is 21.9. The summed E-state index contributed by atoms with van der Waals surface area (Å²) in [6, 6.07) is 8.75. The summed E-state index contributed by atoms with van der Waals surface area (Å²) in [5.41, 5.74) is 1.96. The first kappa shape index (κ1) is 21.2. The summed E-state index contributed by atoms with van der Waals surface area (Å²) in [5, 5.41) is 2.72. The smallest absolute Gasteiger partial charge is 0.221 e. The molecule has 2 aromatic carbocycles. The number of carbonyl (C=O) groups is 2. The zero-order valence-corrected chi connectivity index (χ0v) is 17.7. The number of ketones is 1. The lowest BCUT2D eigenvalue weighted by molar-refractivity contribution is -0.114. The molecule has 1 aliphatic rings. The van der Waals surface area contributed by atoms with Crippen LogP contribution in [-0.2, 0) is 4.79 Å². The van der Waals surface area contributed by atoms with Crippen LogP contribution in [-0.4, -0.2) is 31.5 Å². The topological polar surface area (TPSA) is 73.9 Å². The third kappa shape index (κ3) is 4.54. The summed E-state index contributed by atoms with van der Waals surface area (Å²) in [6.07, 6.45) is 7.02. The molecule has 6 nitrogen and oxygen atoms in total. The van der Waals surface area contributed by atoms with Crippen LogP contribution < -0.4 is 19.5 Å². The van der Waals surface area contributed by atoms with Crippen molar-refractivity contribution in [3.63, 3.8) is 0 Å². The van der Waals surface area contributed by atoms with Gasteiger partial charge in [0.2, 0.25) is 5.91 Å². The number of hydrogen-bond donors (Lipinski definition) is 1. The summed E-state index contributed by atoms with van der Waals surface area (Å²) >= 11 is 0. The number of hydrogen-bond acceptors (Lipinski definition) is 5. The molecule has 0 spiro atoms. The number of anilines is 1. The van der Waals surface area contributed by atoms with E-state index < -0.39 is 5.60 Å². The van der Waals surface area contributed by atoms with Crippen LogP contribution in [0.2, 0.25) is 0 Å². The summed E-state index contributed by atoms with van der Waals surface area (Å²) in [6.45, 7) is 5.28. The Labute approximate surface area is 176 Å². The van der Waals surface area contributed by atoms with Crippen LogP contribution in [0.1, 0.15) is 42.3 Å². The largest absolute Gasteiger partial charge is 0.496 e. The monoisotopic (exact) mass is 407 g/mol. The lowest BCUT2D eigenvalue weighted by Crippen LogP contribution is -2.28. The Balaban J connectivity index is 1.93. The predicted octanol–water partition coefficient (Wildman–Crippen LogP) is 4.74. The Morgan fingerprint density at radius 3 is 2.43 bits per heavy atom. The second-order valence-electron chi connectivity index (χ2n) is 7.44. The van der Waals surface area contributed by atoms with Gasteiger partial charge in [0.15, 0.2) is 5.78 Å². The number of methoxy groups -OCH3 is 2. The molecule has 30 heavy (non-hydrogen) atoms. The van der Waals surface area contributed by atoms with Crippen LogP contribution in [0.25, 0.3) is 12.2 Å². The van der Waals surface area contributed by atoms with Crippen molar-refractivity contribution in [3.05, 3.63) is 59.2 Å². The lowest BCUT2D eigenvalue weighted by atomic mass is 9.97. The van der Waals surface area contributed by atoms with E-state index in [0.717, 1.165) is 11.1 Å². The van der Waals surface area contributed by atoms with E-state index in [1.807, 2.05) is 26.0 Å². The first-order chi connectivity index (χ1) is 14.2. The van der Waals surface area contributed by atoms with Gasteiger partial charge in [0.05, 0.1) is 31.0 Å². The highest BCUT2D eigenvalue weighted by Gasteiger charge is 2.27. The van der Waals surface area contributed by atoms with Crippen LogP contribution in [0.3, 0.4) is 0 Å². The SMILES string of the molecule is COc1ccc(/C=C/C(=O)c2ccc(OC)c3c2OC(C)(C)C=C3)cc1NC(C)=O. The number of nitrogens with one attached hydrogen (secondary N) is 1. The molecule has 0 atom stereocenters. The van der Waals surface area contributed by atoms with Crippen molar-refractivity contribution in [2.45, 2.75) is 26.4 Å². The highest BCUT2D eigenvalue weighted by molar-refractivity contribution is 6.09. The Kier molecular flexibility index (Phi) is 5.96. The highest BCUT2D eigenvalue weighted by atomic mass is 16.5. The van der Waals surface area contributed by atoms with Crippen molar-refractivity contribution < 1.29 is 23.8 Å². The average Bonchev–Trinajstić information content (AvgIpc) is 2.70. The van der Waals surface area contributed by atoms with Gasteiger partial charge < -0.3 is 19.5 Å². The number of allylic oxidation sites excluding steroid dienone is 1. The molecule has 0 saturated heterocycles. The fourth-order valence-corrected chi connectivity index (χ4v) is 3.18. The van der Waals surface area contributed by atoms with Crippen LogP contribution in [0.5, 0.6) is 17.2 Å². The van der Waals surface area contributed by atoms with Gasteiger partial charge in [-0.1, -0.05) is 12.1 Å². The molecule has 0 saturated carbocycles. The van der Waals surface area contributed by atoms with Crippen molar-refractivity contribution in [2.75, 3.05) is 19.5 Å². The standard InChI is InChI=1S/C24H25NO5/c1-15(26)25-19-14-16(7-10-22(19)29-5)6-9-20(27)17-8-11-21(28-4)18-12-13-24(2,3)30-23(17)18/h6-14H,1-5H3,(H,25,26)/b9-6+. The van der Waals surface area contributed by atoms with Gasteiger partial charge in [-0.3, -0.25) is 9.59 Å². The molecule has 0 radical (unpaired) electrons. The minimum absolute atomic E-state index is 0.197.